The number of nitrogens with zero attached hydrogens (tertiary/aromatic N) is 2. The van der Waals surface area contributed by atoms with Crippen molar-refractivity contribution in [1.82, 2.24) is 9.80 Å². The van der Waals surface area contributed by atoms with Gasteiger partial charge in [-0.25, -0.2) is 0 Å². The molecular weight excluding hydrogens is 332 g/mol. The highest BCUT2D eigenvalue weighted by molar-refractivity contribution is 5.31. The van der Waals surface area contributed by atoms with E-state index in [-0.39, 0.29) is 0 Å². The van der Waals surface area contributed by atoms with Crippen molar-refractivity contribution in [1.29, 1.82) is 0 Å². The van der Waals surface area contributed by atoms with Crippen molar-refractivity contribution in [3.63, 3.8) is 0 Å². The molecule has 2 atom stereocenters. The van der Waals surface area contributed by atoms with Gasteiger partial charge in [0.05, 0.1) is 0 Å². The van der Waals surface area contributed by atoms with Crippen LogP contribution in [-0.4, -0.2) is 49.1 Å². The van der Waals surface area contributed by atoms with E-state index in [1.54, 1.807) is 0 Å². The van der Waals surface area contributed by atoms with Crippen LogP contribution in [0.1, 0.15) is 42.7 Å². The average Bonchev–Trinajstić information content (AvgIpc) is 2.74. The Bertz CT molecular complexity index is 692. The van der Waals surface area contributed by atoms with Gasteiger partial charge in [0.15, 0.2) is 0 Å². The van der Waals surface area contributed by atoms with Gasteiger partial charge in [0.25, 0.3) is 0 Å². The first-order valence-corrected chi connectivity index (χ1v) is 10.5. The molecule has 0 spiro atoms. The molecule has 2 fully saturated rings. The smallest absolute Gasteiger partial charge is 0.119 e. The highest BCUT2D eigenvalue weighted by atomic mass is 16.5. The fourth-order valence-electron chi connectivity index (χ4n) is 4.64. The van der Waals surface area contributed by atoms with E-state index in [0.717, 1.165) is 5.75 Å². The Balaban J connectivity index is 1.40. The van der Waals surface area contributed by atoms with E-state index in [4.69, 9.17) is 4.74 Å². The number of likely N-dealkylation sites (N-methyl/N-ethyl adjacent to an activating group) is 1. The third-order valence-electron chi connectivity index (χ3n) is 6.29. The molecule has 3 nitrogen and oxygen atoms in total. The van der Waals surface area contributed by atoms with Crippen molar-refractivity contribution in [2.75, 3.05) is 33.2 Å². The zero-order valence-corrected chi connectivity index (χ0v) is 16.5. The summed E-state index contributed by atoms with van der Waals surface area (Å²) in [6.45, 7) is 5.48. The van der Waals surface area contributed by atoms with Crippen LogP contribution in [0.5, 0.6) is 5.75 Å². The SMILES string of the molecule is CN1CCN(C2CCCCC2c2ccc(OCc3ccccc3)cc2)CC1. The van der Waals surface area contributed by atoms with Gasteiger partial charge in [-0.3, -0.25) is 4.90 Å². The van der Waals surface area contributed by atoms with Gasteiger partial charge in [-0.1, -0.05) is 55.3 Å². The van der Waals surface area contributed by atoms with Gasteiger partial charge in [0, 0.05) is 32.2 Å². The number of hydrogen-bond acceptors (Lipinski definition) is 3. The van der Waals surface area contributed by atoms with Gasteiger partial charge < -0.3 is 9.64 Å². The number of piperazine rings is 1. The van der Waals surface area contributed by atoms with Crippen LogP contribution in [0.15, 0.2) is 54.6 Å². The van der Waals surface area contributed by atoms with Crippen molar-refractivity contribution in [2.45, 2.75) is 44.2 Å². The molecule has 144 valence electrons. The molecule has 2 aromatic rings. The third kappa shape index (κ3) is 4.72. The Morgan fingerprint density at radius 2 is 1.56 bits per heavy atom. The maximum Gasteiger partial charge on any atom is 0.119 e. The molecule has 0 bridgehead atoms. The van der Waals surface area contributed by atoms with Crippen LogP contribution in [0, 0.1) is 0 Å². The van der Waals surface area contributed by atoms with Gasteiger partial charge in [0.1, 0.15) is 12.4 Å². The summed E-state index contributed by atoms with van der Waals surface area (Å²) in [4.78, 5) is 5.21. The molecule has 0 aromatic heterocycles. The Morgan fingerprint density at radius 1 is 0.852 bits per heavy atom. The van der Waals surface area contributed by atoms with E-state index >= 15 is 0 Å². The van der Waals surface area contributed by atoms with Gasteiger partial charge in [-0.05, 0) is 49.1 Å². The Morgan fingerprint density at radius 3 is 2.30 bits per heavy atom. The average molecular weight is 365 g/mol. The lowest BCUT2D eigenvalue weighted by atomic mass is 9.79. The lowest BCUT2D eigenvalue weighted by Gasteiger charge is -2.44. The lowest BCUT2D eigenvalue weighted by molar-refractivity contribution is 0.0789. The summed E-state index contributed by atoms with van der Waals surface area (Å²) in [6, 6.07) is 20.0. The molecule has 27 heavy (non-hydrogen) atoms. The molecule has 1 aliphatic heterocycles. The van der Waals surface area contributed by atoms with E-state index in [1.807, 2.05) is 6.07 Å². The first-order chi connectivity index (χ1) is 13.3. The first-order valence-electron chi connectivity index (χ1n) is 10.5. The topological polar surface area (TPSA) is 15.7 Å². The molecular formula is C24H32N2O. The van der Waals surface area contributed by atoms with Gasteiger partial charge >= 0.3 is 0 Å². The molecule has 1 saturated heterocycles. The Labute approximate surface area is 163 Å². The summed E-state index contributed by atoms with van der Waals surface area (Å²) < 4.78 is 5.97. The van der Waals surface area contributed by atoms with E-state index in [1.165, 1.54) is 63.0 Å². The summed E-state index contributed by atoms with van der Waals surface area (Å²) in [7, 11) is 2.24. The van der Waals surface area contributed by atoms with Crippen LogP contribution < -0.4 is 4.74 Å². The molecule has 4 rings (SSSR count). The van der Waals surface area contributed by atoms with Crippen LogP contribution in [0.4, 0.5) is 0 Å². The highest BCUT2D eigenvalue weighted by Crippen LogP contribution is 2.37. The minimum absolute atomic E-state index is 0.632. The predicted octanol–water partition coefficient (Wildman–Crippen LogP) is 4.54. The molecule has 1 heterocycles. The summed E-state index contributed by atoms with van der Waals surface area (Å²) in [6.07, 6.45) is 5.41. The molecule has 3 heteroatoms. The van der Waals surface area contributed by atoms with E-state index in [0.29, 0.717) is 18.6 Å². The highest BCUT2D eigenvalue weighted by Gasteiger charge is 2.32. The second kappa shape index (κ2) is 8.90. The summed E-state index contributed by atoms with van der Waals surface area (Å²) >= 11 is 0. The normalized spacial score (nSPS) is 24.6. The van der Waals surface area contributed by atoms with Crippen LogP contribution in [0.3, 0.4) is 0 Å². The lowest BCUT2D eigenvalue weighted by Crippen LogP contribution is -2.51. The van der Waals surface area contributed by atoms with Crippen LogP contribution in [0.25, 0.3) is 0 Å². The minimum atomic E-state index is 0.632. The first kappa shape index (κ1) is 18.5. The quantitative estimate of drug-likeness (QED) is 0.775. The summed E-state index contributed by atoms with van der Waals surface area (Å²) in [5.41, 5.74) is 2.70. The molecule has 0 amide bonds. The van der Waals surface area contributed by atoms with Crippen LogP contribution in [-0.2, 0) is 6.61 Å². The standard InChI is InChI=1S/C24H32N2O/c1-25-15-17-26(18-16-25)24-10-6-5-9-23(24)21-11-13-22(14-12-21)27-19-20-7-3-2-4-8-20/h2-4,7-8,11-14,23-24H,5-6,9-10,15-19H2,1H3. The largest absolute Gasteiger partial charge is 0.489 e. The zero-order chi connectivity index (χ0) is 18.5. The molecule has 2 aliphatic rings. The molecule has 0 N–H and O–H groups in total. The van der Waals surface area contributed by atoms with E-state index in [2.05, 4.69) is 65.4 Å². The Hall–Kier alpha value is -1.84. The van der Waals surface area contributed by atoms with Crippen LogP contribution in [0.2, 0.25) is 0 Å². The molecule has 1 saturated carbocycles. The second-order valence-electron chi connectivity index (χ2n) is 8.14. The molecule has 2 aromatic carbocycles. The van der Waals surface area contributed by atoms with E-state index < -0.39 is 0 Å². The predicted molar refractivity (Wildman–Crippen MR) is 111 cm³/mol. The summed E-state index contributed by atoms with van der Waals surface area (Å²) in [5.74, 6) is 1.64. The van der Waals surface area contributed by atoms with Gasteiger partial charge in [-0.2, -0.15) is 0 Å². The molecule has 1 aliphatic carbocycles. The number of benzene rings is 2. The van der Waals surface area contributed by atoms with Crippen molar-refractivity contribution in [3.05, 3.63) is 65.7 Å². The van der Waals surface area contributed by atoms with Crippen LogP contribution >= 0.6 is 0 Å². The second-order valence-corrected chi connectivity index (χ2v) is 8.14. The number of ether oxygens (including phenoxy) is 1. The molecule has 0 radical (unpaired) electrons. The van der Waals surface area contributed by atoms with Gasteiger partial charge in [-0.15, -0.1) is 0 Å². The third-order valence-corrected chi connectivity index (χ3v) is 6.29. The van der Waals surface area contributed by atoms with Crippen molar-refractivity contribution >= 4 is 0 Å². The number of hydrogen-bond donors (Lipinski definition) is 0. The molecule has 2 unspecified atom stereocenters. The maximum atomic E-state index is 5.97. The van der Waals surface area contributed by atoms with Crippen molar-refractivity contribution in [2.24, 2.45) is 0 Å². The minimum Gasteiger partial charge on any atom is -0.489 e. The fourth-order valence-corrected chi connectivity index (χ4v) is 4.64. The fraction of sp³-hybridized carbons (Fsp3) is 0.500. The summed E-state index contributed by atoms with van der Waals surface area (Å²) in [5, 5.41) is 0. The van der Waals surface area contributed by atoms with E-state index in [9.17, 15) is 0 Å². The van der Waals surface area contributed by atoms with Crippen molar-refractivity contribution in [3.8, 4) is 5.75 Å². The van der Waals surface area contributed by atoms with Gasteiger partial charge in [0.2, 0.25) is 0 Å². The number of rotatable bonds is 5. The zero-order valence-electron chi connectivity index (χ0n) is 16.5. The maximum absolute atomic E-state index is 5.97. The van der Waals surface area contributed by atoms with Crippen molar-refractivity contribution < 1.29 is 4.74 Å². The Kier molecular flexibility index (Phi) is 6.10. The monoisotopic (exact) mass is 364 g/mol.